The Bertz CT molecular complexity index is 772. The molecule has 0 aromatic heterocycles. The molecule has 0 radical (unpaired) electrons. The minimum atomic E-state index is -0.811. The smallest absolute Gasteiger partial charge is 0.324 e. The molecule has 2 fully saturated rings. The first-order valence-electron chi connectivity index (χ1n) is 9.66. The van der Waals surface area contributed by atoms with Crippen LogP contribution in [-0.4, -0.2) is 34.8 Å². The van der Waals surface area contributed by atoms with Crippen LogP contribution in [0.3, 0.4) is 0 Å². The molecular formula is C20H26ClN3O3. The number of carbonyl (C=O) groups excluding carboxylic acids is 3. The lowest BCUT2D eigenvalue weighted by molar-refractivity contribution is -0.134. The van der Waals surface area contributed by atoms with Crippen LogP contribution in [0.2, 0.25) is 5.02 Å². The number of aryl methyl sites for hydroxylation is 1. The maximum Gasteiger partial charge on any atom is 0.325 e. The van der Waals surface area contributed by atoms with E-state index in [2.05, 4.69) is 10.6 Å². The zero-order chi connectivity index (χ0) is 19.6. The molecular weight excluding hydrogens is 366 g/mol. The van der Waals surface area contributed by atoms with Gasteiger partial charge in [0.2, 0.25) is 5.91 Å². The van der Waals surface area contributed by atoms with Crippen molar-refractivity contribution in [2.75, 3.05) is 11.9 Å². The van der Waals surface area contributed by atoms with Gasteiger partial charge in [0.05, 0.1) is 0 Å². The van der Waals surface area contributed by atoms with Crippen molar-refractivity contribution in [3.8, 4) is 0 Å². The molecule has 1 saturated heterocycles. The average Bonchev–Trinajstić information content (AvgIpc) is 2.87. The summed E-state index contributed by atoms with van der Waals surface area (Å²) in [6, 6.07) is 3.25. The Balaban J connectivity index is 1.76. The Morgan fingerprint density at radius 3 is 2.52 bits per heavy atom. The molecule has 6 nitrogen and oxygen atoms in total. The number of imide groups is 1. The van der Waals surface area contributed by atoms with E-state index in [1.54, 1.807) is 0 Å². The maximum absolute atomic E-state index is 12.8. The molecule has 4 amide bonds. The fourth-order valence-electron chi connectivity index (χ4n) is 4.10. The number of hydrogen-bond acceptors (Lipinski definition) is 3. The van der Waals surface area contributed by atoms with E-state index in [0.717, 1.165) is 41.7 Å². The van der Waals surface area contributed by atoms with Gasteiger partial charge in [-0.15, -0.1) is 0 Å². The summed E-state index contributed by atoms with van der Waals surface area (Å²) in [6.07, 6.45) is 5.59. The minimum absolute atomic E-state index is 0.278. The van der Waals surface area contributed by atoms with Crippen LogP contribution in [0.25, 0.3) is 0 Å². The number of amides is 4. The van der Waals surface area contributed by atoms with Crippen LogP contribution in [-0.2, 0) is 22.4 Å². The van der Waals surface area contributed by atoms with E-state index in [1.165, 1.54) is 0 Å². The lowest BCUT2D eigenvalue weighted by Gasteiger charge is -2.30. The summed E-state index contributed by atoms with van der Waals surface area (Å²) >= 11 is 6.28. The molecule has 0 atom stereocenters. The van der Waals surface area contributed by atoms with Crippen molar-refractivity contribution in [1.29, 1.82) is 0 Å². The maximum atomic E-state index is 12.8. The monoisotopic (exact) mass is 391 g/mol. The Kier molecular flexibility index (Phi) is 5.75. The first kappa shape index (κ1) is 19.7. The van der Waals surface area contributed by atoms with Crippen LogP contribution in [0.5, 0.6) is 0 Å². The van der Waals surface area contributed by atoms with Crippen molar-refractivity contribution in [2.45, 2.75) is 64.3 Å². The van der Waals surface area contributed by atoms with Gasteiger partial charge >= 0.3 is 6.03 Å². The topological polar surface area (TPSA) is 78.5 Å². The highest BCUT2D eigenvalue weighted by Gasteiger charge is 2.51. The van der Waals surface area contributed by atoms with Crippen molar-refractivity contribution in [1.82, 2.24) is 10.2 Å². The van der Waals surface area contributed by atoms with Gasteiger partial charge in [-0.05, 0) is 42.9 Å². The molecule has 2 N–H and O–H groups in total. The number of anilines is 1. The van der Waals surface area contributed by atoms with Gasteiger partial charge in [0, 0.05) is 10.7 Å². The molecule has 146 valence electrons. The largest absolute Gasteiger partial charge is 0.325 e. The summed E-state index contributed by atoms with van der Waals surface area (Å²) in [7, 11) is 0. The Hall–Kier alpha value is -2.08. The summed E-state index contributed by atoms with van der Waals surface area (Å²) in [5.41, 5.74) is 1.72. The minimum Gasteiger partial charge on any atom is -0.324 e. The van der Waals surface area contributed by atoms with Gasteiger partial charge in [0.25, 0.3) is 5.91 Å². The van der Waals surface area contributed by atoms with Crippen LogP contribution < -0.4 is 10.6 Å². The molecule has 1 aliphatic heterocycles. The van der Waals surface area contributed by atoms with Crippen molar-refractivity contribution in [3.63, 3.8) is 0 Å². The predicted molar refractivity (Wildman–Crippen MR) is 105 cm³/mol. The van der Waals surface area contributed by atoms with Crippen molar-refractivity contribution >= 4 is 35.1 Å². The summed E-state index contributed by atoms with van der Waals surface area (Å²) < 4.78 is 0. The molecule has 1 aliphatic carbocycles. The SMILES string of the molecule is CCc1ccc(Cl)c(CC)c1NC(=O)CN1C(=O)NC2(CCCCC2)C1=O. The standard InChI is InChI=1S/C20H26ClN3O3/c1-3-13-8-9-15(21)14(4-2)17(13)22-16(25)12-24-18(26)20(23-19(24)27)10-6-5-7-11-20/h8-9H,3-7,10-12H2,1-2H3,(H,22,25)(H,23,27). The van der Waals surface area contributed by atoms with Gasteiger partial charge in [-0.1, -0.05) is 50.8 Å². The van der Waals surface area contributed by atoms with Gasteiger partial charge < -0.3 is 10.6 Å². The van der Waals surface area contributed by atoms with Gasteiger partial charge in [-0.25, -0.2) is 4.79 Å². The number of halogens is 1. The van der Waals surface area contributed by atoms with E-state index in [1.807, 2.05) is 26.0 Å². The second-order valence-electron chi connectivity index (χ2n) is 7.28. The first-order valence-corrected chi connectivity index (χ1v) is 10.0. The summed E-state index contributed by atoms with van der Waals surface area (Å²) in [6.45, 7) is 3.69. The van der Waals surface area contributed by atoms with Gasteiger partial charge in [-0.3, -0.25) is 14.5 Å². The Morgan fingerprint density at radius 1 is 1.19 bits per heavy atom. The number of nitrogens with zero attached hydrogens (tertiary/aromatic N) is 1. The lowest BCUT2D eigenvalue weighted by atomic mass is 9.82. The van der Waals surface area contributed by atoms with Crippen LogP contribution >= 0.6 is 11.6 Å². The van der Waals surface area contributed by atoms with Crippen LogP contribution in [0, 0.1) is 0 Å². The Labute approximate surface area is 164 Å². The molecule has 1 heterocycles. The third kappa shape index (κ3) is 3.68. The van der Waals surface area contributed by atoms with E-state index in [4.69, 9.17) is 11.6 Å². The van der Waals surface area contributed by atoms with Crippen LogP contribution in [0.15, 0.2) is 12.1 Å². The molecule has 1 saturated carbocycles. The molecule has 7 heteroatoms. The zero-order valence-electron chi connectivity index (χ0n) is 15.9. The van der Waals surface area contributed by atoms with Crippen molar-refractivity contribution in [3.05, 3.63) is 28.3 Å². The molecule has 3 rings (SSSR count). The summed E-state index contributed by atoms with van der Waals surface area (Å²) in [5.74, 6) is -0.669. The lowest BCUT2D eigenvalue weighted by Crippen LogP contribution is -2.48. The second-order valence-corrected chi connectivity index (χ2v) is 7.69. The van der Waals surface area contributed by atoms with E-state index in [-0.39, 0.29) is 12.5 Å². The van der Waals surface area contributed by atoms with Gasteiger partial charge in [0.15, 0.2) is 0 Å². The molecule has 1 spiro atoms. The van der Waals surface area contributed by atoms with Gasteiger partial charge in [-0.2, -0.15) is 0 Å². The number of nitrogens with one attached hydrogen (secondary N) is 2. The number of benzene rings is 1. The van der Waals surface area contributed by atoms with Crippen LogP contribution in [0.1, 0.15) is 57.1 Å². The number of carbonyl (C=O) groups is 3. The molecule has 2 aliphatic rings. The predicted octanol–water partition coefficient (Wildman–Crippen LogP) is 3.66. The normalized spacial score (nSPS) is 18.7. The van der Waals surface area contributed by atoms with E-state index < -0.39 is 17.5 Å². The highest BCUT2D eigenvalue weighted by molar-refractivity contribution is 6.32. The van der Waals surface area contributed by atoms with Crippen molar-refractivity contribution in [2.24, 2.45) is 0 Å². The highest BCUT2D eigenvalue weighted by atomic mass is 35.5. The number of rotatable bonds is 5. The summed E-state index contributed by atoms with van der Waals surface area (Å²) in [4.78, 5) is 38.9. The van der Waals surface area contributed by atoms with E-state index in [9.17, 15) is 14.4 Å². The van der Waals surface area contributed by atoms with E-state index >= 15 is 0 Å². The molecule has 0 unspecified atom stereocenters. The molecule has 1 aromatic carbocycles. The quantitative estimate of drug-likeness (QED) is 0.752. The third-order valence-corrected chi connectivity index (χ3v) is 5.95. The third-order valence-electron chi connectivity index (χ3n) is 5.60. The average molecular weight is 392 g/mol. The Morgan fingerprint density at radius 2 is 1.89 bits per heavy atom. The van der Waals surface area contributed by atoms with Gasteiger partial charge in [0.1, 0.15) is 12.1 Å². The number of hydrogen-bond donors (Lipinski definition) is 2. The van der Waals surface area contributed by atoms with E-state index in [0.29, 0.717) is 30.0 Å². The molecule has 27 heavy (non-hydrogen) atoms. The fourth-order valence-corrected chi connectivity index (χ4v) is 4.39. The summed E-state index contributed by atoms with van der Waals surface area (Å²) in [5, 5.41) is 6.31. The van der Waals surface area contributed by atoms with Crippen molar-refractivity contribution < 1.29 is 14.4 Å². The second kappa shape index (κ2) is 7.89. The van der Waals surface area contributed by atoms with Crippen LogP contribution in [0.4, 0.5) is 10.5 Å². The zero-order valence-corrected chi connectivity index (χ0v) is 16.6. The number of urea groups is 1. The molecule has 1 aromatic rings. The molecule has 0 bridgehead atoms. The first-order chi connectivity index (χ1) is 12.9. The fraction of sp³-hybridized carbons (Fsp3) is 0.550. The highest BCUT2D eigenvalue weighted by Crippen LogP contribution is 2.34.